The zero-order valence-electron chi connectivity index (χ0n) is 14.1. The number of anilines is 1. The van der Waals surface area contributed by atoms with E-state index in [-0.39, 0.29) is 11.9 Å². The van der Waals surface area contributed by atoms with Gasteiger partial charge < -0.3 is 4.90 Å². The molecule has 1 amide bonds. The Balaban J connectivity index is 1.69. The normalized spacial score (nSPS) is 20.7. The van der Waals surface area contributed by atoms with Crippen molar-refractivity contribution in [1.82, 2.24) is 4.90 Å². The van der Waals surface area contributed by atoms with E-state index >= 15 is 0 Å². The predicted molar refractivity (Wildman–Crippen MR) is 115 cm³/mol. The van der Waals surface area contributed by atoms with Gasteiger partial charge >= 0.3 is 0 Å². The second kappa shape index (κ2) is 6.93. The molecule has 3 nitrogen and oxygen atoms in total. The molecule has 7 heteroatoms. The van der Waals surface area contributed by atoms with Crippen molar-refractivity contribution < 1.29 is 4.79 Å². The van der Waals surface area contributed by atoms with E-state index in [0.29, 0.717) is 14.2 Å². The Labute approximate surface area is 171 Å². The molecular weight excluding hydrogens is 404 g/mol. The van der Waals surface area contributed by atoms with Crippen LogP contribution in [0.25, 0.3) is 0 Å². The third kappa shape index (κ3) is 2.95. The van der Waals surface area contributed by atoms with Gasteiger partial charge in [-0.3, -0.25) is 9.69 Å². The number of fused-ring (bicyclic) bond motifs is 1. The molecule has 2 aromatic carbocycles. The second-order valence-corrected chi connectivity index (χ2v) is 9.15. The molecule has 2 aromatic rings. The van der Waals surface area contributed by atoms with Gasteiger partial charge in [-0.05, 0) is 30.7 Å². The highest BCUT2D eigenvalue weighted by Crippen LogP contribution is 2.51. The maximum Gasteiger partial charge on any atom is 0.269 e. The lowest BCUT2D eigenvalue weighted by Crippen LogP contribution is -2.31. The maximum atomic E-state index is 13.2. The van der Waals surface area contributed by atoms with Crippen molar-refractivity contribution in [3.63, 3.8) is 0 Å². The summed E-state index contributed by atoms with van der Waals surface area (Å²) in [5, 5.41) is 1.59. The molecule has 2 aliphatic heterocycles. The average Bonchev–Trinajstić information content (AvgIpc) is 3.11. The fraction of sp³-hybridized carbons (Fsp3) is 0.158. The zero-order valence-corrected chi connectivity index (χ0v) is 17.3. The smallest absolute Gasteiger partial charge is 0.269 e. The molecule has 0 bridgehead atoms. The van der Waals surface area contributed by atoms with E-state index in [1.54, 1.807) is 16.7 Å². The highest BCUT2D eigenvalue weighted by molar-refractivity contribution is 8.27. The lowest BCUT2D eigenvalue weighted by Gasteiger charge is -2.23. The highest BCUT2D eigenvalue weighted by atomic mass is 35.5. The number of halogens is 1. The van der Waals surface area contributed by atoms with Crippen LogP contribution in [-0.4, -0.2) is 22.2 Å². The van der Waals surface area contributed by atoms with Crippen LogP contribution in [0.5, 0.6) is 0 Å². The van der Waals surface area contributed by atoms with E-state index in [1.165, 1.54) is 11.8 Å². The Morgan fingerprint density at radius 3 is 2.58 bits per heavy atom. The average molecular weight is 419 g/mol. The van der Waals surface area contributed by atoms with Crippen molar-refractivity contribution in [2.45, 2.75) is 17.9 Å². The standard InChI is InChI=1S/C19H15ClN2OS3/c1-11(12-6-4-3-5-7-12)22-17(23)16(26-19(22)24)18-21(2)14-10-13(20)8-9-15(14)25-18/h3-11H,1-2H3/b18-16-/t11-/m1/s1. The van der Waals surface area contributed by atoms with Gasteiger partial charge in [0.2, 0.25) is 0 Å². The molecule has 1 fully saturated rings. The van der Waals surface area contributed by atoms with Gasteiger partial charge in [-0.1, -0.05) is 77.7 Å². The molecule has 2 heterocycles. The van der Waals surface area contributed by atoms with Crippen LogP contribution in [0.15, 0.2) is 63.4 Å². The van der Waals surface area contributed by atoms with Crippen molar-refractivity contribution in [3.8, 4) is 0 Å². The van der Waals surface area contributed by atoms with Gasteiger partial charge in [0.05, 0.1) is 16.8 Å². The number of carbonyl (C=O) groups is 1. The third-order valence-electron chi connectivity index (χ3n) is 4.46. The highest BCUT2D eigenvalue weighted by Gasteiger charge is 2.40. The molecule has 4 rings (SSSR count). The number of thioether (sulfide) groups is 2. The summed E-state index contributed by atoms with van der Waals surface area (Å²) < 4.78 is 0.594. The van der Waals surface area contributed by atoms with Crippen molar-refractivity contribution in [2.24, 2.45) is 0 Å². The summed E-state index contributed by atoms with van der Waals surface area (Å²) in [6, 6.07) is 15.6. The molecule has 26 heavy (non-hydrogen) atoms. The summed E-state index contributed by atoms with van der Waals surface area (Å²) in [6.45, 7) is 2.01. The Hall–Kier alpha value is -1.47. The lowest BCUT2D eigenvalue weighted by atomic mass is 10.1. The number of hydrogen-bond acceptors (Lipinski definition) is 5. The second-order valence-electron chi connectivity index (χ2n) is 6.04. The SMILES string of the molecule is C[C@H](c1ccccc1)N1C(=O)/C(=C2/Sc3ccc(Cl)cc3N2C)SC1=S. The number of hydrogen-bond donors (Lipinski definition) is 0. The summed E-state index contributed by atoms with van der Waals surface area (Å²) in [5.41, 5.74) is 2.08. The molecule has 0 aromatic heterocycles. The molecule has 132 valence electrons. The summed E-state index contributed by atoms with van der Waals surface area (Å²) in [5.74, 6) is -0.0374. The largest absolute Gasteiger partial charge is 0.337 e. The summed E-state index contributed by atoms with van der Waals surface area (Å²) in [6.07, 6.45) is 0. The first-order chi connectivity index (χ1) is 12.5. The molecule has 0 radical (unpaired) electrons. The fourth-order valence-corrected chi connectivity index (χ4v) is 5.93. The van der Waals surface area contributed by atoms with Crippen molar-refractivity contribution in [2.75, 3.05) is 11.9 Å². The van der Waals surface area contributed by atoms with E-state index in [0.717, 1.165) is 21.2 Å². The minimum atomic E-state index is -0.102. The first-order valence-corrected chi connectivity index (χ1v) is 10.4. The summed E-state index contributed by atoms with van der Waals surface area (Å²) in [7, 11) is 1.96. The van der Waals surface area contributed by atoms with Crippen LogP contribution < -0.4 is 4.90 Å². The number of rotatable bonds is 2. The molecule has 1 saturated heterocycles. The Kier molecular flexibility index (Phi) is 4.77. The van der Waals surface area contributed by atoms with Crippen LogP contribution in [0.2, 0.25) is 5.02 Å². The van der Waals surface area contributed by atoms with Crippen LogP contribution in [-0.2, 0) is 4.79 Å². The Morgan fingerprint density at radius 1 is 1.12 bits per heavy atom. The minimum absolute atomic E-state index is 0.0374. The van der Waals surface area contributed by atoms with Gasteiger partial charge in [0, 0.05) is 17.0 Å². The fourth-order valence-electron chi connectivity index (χ4n) is 3.04. The van der Waals surface area contributed by atoms with Gasteiger partial charge in [-0.2, -0.15) is 0 Å². The van der Waals surface area contributed by atoms with E-state index in [4.69, 9.17) is 23.8 Å². The van der Waals surface area contributed by atoms with Gasteiger partial charge in [0.25, 0.3) is 5.91 Å². The van der Waals surface area contributed by atoms with E-state index in [1.807, 2.05) is 67.4 Å². The monoisotopic (exact) mass is 418 g/mol. The van der Waals surface area contributed by atoms with Gasteiger partial charge in [0.1, 0.15) is 9.23 Å². The molecule has 1 atom stereocenters. The van der Waals surface area contributed by atoms with Crippen LogP contribution >= 0.6 is 47.3 Å². The van der Waals surface area contributed by atoms with E-state index < -0.39 is 0 Å². The third-order valence-corrected chi connectivity index (χ3v) is 7.45. The van der Waals surface area contributed by atoms with Crippen molar-refractivity contribution in [3.05, 3.63) is 69.1 Å². The first kappa shape index (κ1) is 17.9. The Bertz CT molecular complexity index is 945. The van der Waals surface area contributed by atoms with Gasteiger partial charge in [-0.25, -0.2) is 0 Å². The number of carbonyl (C=O) groups excluding carboxylic acids is 1. The zero-order chi connectivity index (χ0) is 18.4. The molecule has 0 N–H and O–H groups in total. The van der Waals surface area contributed by atoms with Crippen LogP contribution in [0.1, 0.15) is 18.5 Å². The van der Waals surface area contributed by atoms with Crippen molar-refractivity contribution in [1.29, 1.82) is 0 Å². The van der Waals surface area contributed by atoms with Gasteiger partial charge in [-0.15, -0.1) is 0 Å². The number of benzene rings is 2. The first-order valence-electron chi connectivity index (χ1n) is 8.03. The van der Waals surface area contributed by atoms with Crippen LogP contribution in [0.3, 0.4) is 0 Å². The summed E-state index contributed by atoms with van der Waals surface area (Å²) >= 11 is 14.6. The number of amides is 1. The van der Waals surface area contributed by atoms with Crippen molar-refractivity contribution >= 4 is 63.3 Å². The maximum absolute atomic E-state index is 13.2. The minimum Gasteiger partial charge on any atom is -0.337 e. The Morgan fingerprint density at radius 2 is 1.85 bits per heavy atom. The number of thiocarbonyl (C=S) groups is 1. The molecule has 0 saturated carbocycles. The molecule has 0 aliphatic carbocycles. The van der Waals surface area contributed by atoms with E-state index in [9.17, 15) is 4.79 Å². The van der Waals surface area contributed by atoms with E-state index in [2.05, 4.69) is 0 Å². The molecule has 0 spiro atoms. The van der Waals surface area contributed by atoms with Gasteiger partial charge in [0.15, 0.2) is 0 Å². The predicted octanol–water partition coefficient (Wildman–Crippen LogP) is 5.67. The molecule has 0 unspecified atom stereocenters. The molecule has 2 aliphatic rings. The lowest BCUT2D eigenvalue weighted by molar-refractivity contribution is -0.123. The number of nitrogens with zero attached hydrogens (tertiary/aromatic N) is 2. The quantitative estimate of drug-likeness (QED) is 0.461. The van der Waals surface area contributed by atoms with Crippen LogP contribution in [0.4, 0.5) is 5.69 Å². The van der Waals surface area contributed by atoms with Crippen LogP contribution in [0, 0.1) is 0 Å². The topological polar surface area (TPSA) is 23.6 Å². The molecular formula is C19H15ClN2OS3. The summed E-state index contributed by atoms with van der Waals surface area (Å²) in [4.78, 5) is 18.7.